The van der Waals surface area contributed by atoms with Gasteiger partial charge in [-0.1, -0.05) is 51.3 Å². The van der Waals surface area contributed by atoms with Crippen LogP contribution in [0.2, 0.25) is 0 Å². The molecule has 0 heterocycles. The second-order valence-electron chi connectivity index (χ2n) is 5.99. The minimum absolute atomic E-state index is 0.585. The monoisotopic (exact) mass is 290 g/mol. The lowest BCUT2D eigenvalue weighted by atomic mass is 10.0. The molecule has 21 heavy (non-hydrogen) atoms. The van der Waals surface area contributed by atoms with E-state index in [0.717, 1.165) is 18.1 Å². The zero-order valence-electron chi connectivity index (χ0n) is 13.8. The highest BCUT2D eigenvalue weighted by Gasteiger charge is 1.96. The van der Waals surface area contributed by atoms with E-state index in [1.165, 1.54) is 31.3 Å². The minimum atomic E-state index is 0.585. The van der Waals surface area contributed by atoms with Crippen LogP contribution in [-0.4, -0.2) is 13.2 Å². The maximum atomic E-state index is 5.57. The molecule has 0 N–H and O–H groups in total. The molecule has 0 aromatic heterocycles. The molecule has 0 spiro atoms. The van der Waals surface area contributed by atoms with Crippen LogP contribution in [0.3, 0.4) is 0 Å². The van der Waals surface area contributed by atoms with Crippen molar-refractivity contribution in [2.75, 3.05) is 13.2 Å². The van der Waals surface area contributed by atoms with Crippen LogP contribution in [0.25, 0.3) is 0 Å². The van der Waals surface area contributed by atoms with Crippen molar-refractivity contribution in [3.8, 4) is 5.75 Å². The van der Waals surface area contributed by atoms with E-state index in [4.69, 9.17) is 9.47 Å². The highest BCUT2D eigenvalue weighted by Crippen LogP contribution is 2.13. The van der Waals surface area contributed by atoms with E-state index in [-0.39, 0.29) is 0 Å². The molecule has 0 atom stereocenters. The van der Waals surface area contributed by atoms with Gasteiger partial charge < -0.3 is 9.47 Å². The van der Waals surface area contributed by atoms with Gasteiger partial charge in [0.25, 0.3) is 0 Å². The quantitative estimate of drug-likeness (QED) is 0.390. The Bertz CT molecular complexity index is 382. The van der Waals surface area contributed by atoms with Crippen molar-refractivity contribution in [3.05, 3.63) is 42.2 Å². The zero-order valence-corrected chi connectivity index (χ0v) is 13.8. The molecule has 0 fully saturated rings. The first-order valence-corrected chi connectivity index (χ1v) is 8.13. The Morgan fingerprint density at radius 1 is 1.05 bits per heavy atom. The topological polar surface area (TPSA) is 18.5 Å². The van der Waals surface area contributed by atoms with E-state index in [1.54, 1.807) is 0 Å². The third-order valence-electron chi connectivity index (χ3n) is 3.35. The molecule has 0 saturated heterocycles. The number of hydrogen-bond donors (Lipinski definition) is 0. The van der Waals surface area contributed by atoms with Crippen molar-refractivity contribution < 1.29 is 9.47 Å². The van der Waals surface area contributed by atoms with E-state index >= 15 is 0 Å². The van der Waals surface area contributed by atoms with E-state index < -0.39 is 0 Å². The standard InChI is InChI=1S/C19H30O2/c1-17(2)10-6-4-7-11-18(3)16-20-14-15-21-19-12-8-5-9-13-19/h5,8-9,12-13,16-17H,4,6-7,10-11,14-15H2,1-3H3. The fourth-order valence-electron chi connectivity index (χ4n) is 2.12. The summed E-state index contributed by atoms with van der Waals surface area (Å²) in [5, 5.41) is 0. The van der Waals surface area contributed by atoms with Gasteiger partial charge in [0.05, 0.1) is 6.26 Å². The van der Waals surface area contributed by atoms with Crippen molar-refractivity contribution in [1.82, 2.24) is 0 Å². The predicted octanol–water partition coefficient (Wildman–Crippen LogP) is 5.59. The summed E-state index contributed by atoms with van der Waals surface area (Å²) in [5.41, 5.74) is 1.32. The van der Waals surface area contributed by atoms with Crippen LogP contribution in [0, 0.1) is 5.92 Å². The van der Waals surface area contributed by atoms with Crippen LogP contribution in [0.4, 0.5) is 0 Å². The van der Waals surface area contributed by atoms with Crippen LogP contribution in [0.5, 0.6) is 5.75 Å². The summed E-state index contributed by atoms with van der Waals surface area (Å²) in [4.78, 5) is 0. The molecular formula is C19H30O2. The number of rotatable bonds is 11. The molecule has 0 amide bonds. The number of hydrogen-bond acceptors (Lipinski definition) is 2. The van der Waals surface area contributed by atoms with Gasteiger partial charge in [-0.15, -0.1) is 0 Å². The highest BCUT2D eigenvalue weighted by molar-refractivity contribution is 5.20. The van der Waals surface area contributed by atoms with E-state index in [2.05, 4.69) is 20.8 Å². The summed E-state index contributed by atoms with van der Waals surface area (Å²) < 4.78 is 11.1. The molecule has 0 aliphatic heterocycles. The van der Waals surface area contributed by atoms with E-state index in [0.29, 0.717) is 13.2 Å². The largest absolute Gasteiger partial charge is 0.498 e. The first kappa shape index (κ1) is 17.6. The second-order valence-corrected chi connectivity index (χ2v) is 5.99. The number of benzene rings is 1. The lowest BCUT2D eigenvalue weighted by molar-refractivity contribution is 0.177. The van der Waals surface area contributed by atoms with Crippen LogP contribution < -0.4 is 4.74 Å². The molecule has 1 aromatic rings. The van der Waals surface area contributed by atoms with Gasteiger partial charge in [-0.25, -0.2) is 0 Å². The Hall–Kier alpha value is -1.44. The number of para-hydroxylation sites is 1. The molecule has 118 valence electrons. The Balaban J connectivity index is 1.99. The molecular weight excluding hydrogens is 260 g/mol. The Kier molecular flexibility index (Phi) is 9.43. The third kappa shape index (κ3) is 10.0. The van der Waals surface area contributed by atoms with Crippen molar-refractivity contribution in [2.45, 2.75) is 52.9 Å². The van der Waals surface area contributed by atoms with Gasteiger partial charge >= 0.3 is 0 Å². The smallest absolute Gasteiger partial charge is 0.122 e. The molecule has 0 aliphatic carbocycles. The Morgan fingerprint density at radius 3 is 2.52 bits per heavy atom. The van der Waals surface area contributed by atoms with Gasteiger partial charge in [0.1, 0.15) is 19.0 Å². The van der Waals surface area contributed by atoms with Crippen molar-refractivity contribution >= 4 is 0 Å². The highest BCUT2D eigenvalue weighted by atomic mass is 16.5. The van der Waals surface area contributed by atoms with Gasteiger partial charge in [-0.3, -0.25) is 0 Å². The normalized spacial score (nSPS) is 11.7. The summed E-state index contributed by atoms with van der Waals surface area (Å²) in [5.74, 6) is 1.72. The maximum absolute atomic E-state index is 5.57. The summed E-state index contributed by atoms with van der Waals surface area (Å²) in [7, 11) is 0. The number of allylic oxidation sites excluding steroid dienone is 1. The van der Waals surface area contributed by atoms with Gasteiger partial charge in [0, 0.05) is 0 Å². The number of unbranched alkanes of at least 4 members (excludes halogenated alkanes) is 2. The van der Waals surface area contributed by atoms with Crippen LogP contribution in [0.1, 0.15) is 52.9 Å². The SMILES string of the molecule is CC(=COCCOc1ccccc1)CCCCCC(C)C. The van der Waals surface area contributed by atoms with Crippen LogP contribution >= 0.6 is 0 Å². The van der Waals surface area contributed by atoms with Crippen molar-refractivity contribution in [1.29, 1.82) is 0 Å². The lowest BCUT2D eigenvalue weighted by Crippen LogP contribution is -2.04. The zero-order chi connectivity index (χ0) is 15.3. The molecule has 0 radical (unpaired) electrons. The van der Waals surface area contributed by atoms with Gasteiger partial charge in [0.2, 0.25) is 0 Å². The lowest BCUT2D eigenvalue weighted by Gasteiger charge is -2.07. The van der Waals surface area contributed by atoms with E-state index in [1.807, 2.05) is 36.6 Å². The molecule has 0 saturated carbocycles. The summed E-state index contributed by atoms with van der Waals surface area (Å²) >= 11 is 0. The van der Waals surface area contributed by atoms with Gasteiger partial charge in [-0.2, -0.15) is 0 Å². The fourth-order valence-corrected chi connectivity index (χ4v) is 2.12. The van der Waals surface area contributed by atoms with Crippen molar-refractivity contribution in [3.63, 3.8) is 0 Å². The Labute approximate surface area is 130 Å². The molecule has 0 aliphatic rings. The first-order valence-electron chi connectivity index (χ1n) is 8.13. The second kappa shape index (κ2) is 11.2. The average molecular weight is 290 g/mol. The predicted molar refractivity (Wildman–Crippen MR) is 89.6 cm³/mol. The molecule has 0 unspecified atom stereocenters. The minimum Gasteiger partial charge on any atom is -0.498 e. The Morgan fingerprint density at radius 2 is 1.81 bits per heavy atom. The first-order chi connectivity index (χ1) is 10.2. The fraction of sp³-hybridized carbons (Fsp3) is 0.579. The molecule has 1 rings (SSSR count). The summed E-state index contributed by atoms with van der Waals surface area (Å²) in [6, 6.07) is 9.84. The van der Waals surface area contributed by atoms with Gasteiger partial charge in [-0.05, 0) is 43.4 Å². The van der Waals surface area contributed by atoms with E-state index in [9.17, 15) is 0 Å². The maximum Gasteiger partial charge on any atom is 0.122 e. The van der Waals surface area contributed by atoms with Crippen molar-refractivity contribution in [2.24, 2.45) is 5.92 Å². The summed E-state index contributed by atoms with van der Waals surface area (Å²) in [6.45, 7) is 7.90. The molecule has 2 nitrogen and oxygen atoms in total. The van der Waals surface area contributed by atoms with Gasteiger partial charge in [0.15, 0.2) is 0 Å². The number of ether oxygens (including phenoxy) is 2. The molecule has 2 heteroatoms. The van der Waals surface area contributed by atoms with Crippen LogP contribution in [-0.2, 0) is 4.74 Å². The average Bonchev–Trinajstić information content (AvgIpc) is 2.47. The molecule has 1 aromatic carbocycles. The van der Waals surface area contributed by atoms with Crippen LogP contribution in [0.15, 0.2) is 42.2 Å². The third-order valence-corrected chi connectivity index (χ3v) is 3.35. The molecule has 0 bridgehead atoms. The summed E-state index contributed by atoms with van der Waals surface area (Å²) in [6.07, 6.45) is 8.29.